The predicted octanol–water partition coefficient (Wildman–Crippen LogP) is 2.67. The summed E-state index contributed by atoms with van der Waals surface area (Å²) >= 11 is 0. The van der Waals surface area contributed by atoms with Gasteiger partial charge in [-0.15, -0.1) is 0 Å². The van der Waals surface area contributed by atoms with Gasteiger partial charge in [0.25, 0.3) is 0 Å². The molecule has 1 aliphatic heterocycles. The Morgan fingerprint density at radius 1 is 0.925 bits per heavy atom. The minimum absolute atomic E-state index is 0.190. The highest BCUT2D eigenvalue weighted by Gasteiger charge is 2.81. The SMILES string of the molecule is COC1C=C2C(OC)(CC3C(C(OC(C)=O)C(OC(C)=O)C4(O)C(C)(C)CCC(OC(C)=O)C34C)C2(C)OC)O1. The quantitative estimate of drug-likeness (QED) is 0.288. The number of methoxy groups -OCH3 is 3. The van der Waals surface area contributed by atoms with Crippen LogP contribution in [0.4, 0.5) is 0 Å². The van der Waals surface area contributed by atoms with Crippen molar-refractivity contribution in [2.45, 2.75) is 109 Å². The zero-order valence-corrected chi connectivity index (χ0v) is 25.2. The van der Waals surface area contributed by atoms with Gasteiger partial charge in [-0.3, -0.25) is 14.4 Å². The molecule has 4 aliphatic rings. The molecule has 3 aliphatic carbocycles. The minimum Gasteiger partial charge on any atom is -0.462 e. The van der Waals surface area contributed by atoms with Gasteiger partial charge in [-0.1, -0.05) is 20.8 Å². The molecule has 0 amide bonds. The summed E-state index contributed by atoms with van der Waals surface area (Å²) in [6.07, 6.45) is -1.08. The third kappa shape index (κ3) is 4.06. The highest BCUT2D eigenvalue weighted by Crippen LogP contribution is 2.71. The van der Waals surface area contributed by atoms with Crippen LogP contribution >= 0.6 is 0 Å². The predicted molar refractivity (Wildman–Crippen MR) is 139 cm³/mol. The number of aliphatic hydroxyl groups is 1. The van der Waals surface area contributed by atoms with Gasteiger partial charge in [-0.25, -0.2) is 0 Å². The van der Waals surface area contributed by atoms with Crippen LogP contribution in [0.15, 0.2) is 11.6 Å². The molecule has 226 valence electrons. The van der Waals surface area contributed by atoms with Crippen molar-refractivity contribution >= 4 is 17.9 Å². The molecule has 0 aromatic heterocycles. The summed E-state index contributed by atoms with van der Waals surface area (Å²) in [5.41, 5.74) is -4.52. The van der Waals surface area contributed by atoms with Gasteiger partial charge in [-0.2, -0.15) is 0 Å². The molecule has 11 nitrogen and oxygen atoms in total. The van der Waals surface area contributed by atoms with Crippen molar-refractivity contribution in [3.05, 3.63) is 11.6 Å². The van der Waals surface area contributed by atoms with Crippen LogP contribution in [-0.2, 0) is 47.5 Å². The first kappa shape index (κ1) is 30.9. The van der Waals surface area contributed by atoms with Crippen molar-refractivity contribution in [2.24, 2.45) is 22.7 Å². The first-order valence-corrected chi connectivity index (χ1v) is 13.8. The van der Waals surface area contributed by atoms with Gasteiger partial charge in [0.15, 0.2) is 18.2 Å². The van der Waals surface area contributed by atoms with Crippen LogP contribution in [0.2, 0.25) is 0 Å². The lowest BCUT2D eigenvalue weighted by molar-refractivity contribution is -0.370. The third-order valence-corrected chi connectivity index (χ3v) is 10.4. The molecule has 0 bridgehead atoms. The molecule has 0 radical (unpaired) electrons. The second-order valence-electron chi connectivity index (χ2n) is 12.6. The zero-order valence-electron chi connectivity index (χ0n) is 25.2. The molecule has 4 rings (SSSR count). The molecule has 10 unspecified atom stereocenters. The van der Waals surface area contributed by atoms with Crippen LogP contribution in [0.3, 0.4) is 0 Å². The summed E-state index contributed by atoms with van der Waals surface area (Å²) in [7, 11) is 4.57. The van der Waals surface area contributed by atoms with Crippen LogP contribution in [0.1, 0.15) is 67.7 Å². The average Bonchev–Trinajstić information content (AvgIpc) is 3.26. The standard InChI is InChI=1S/C29H44O11/c1-15(30)37-20-11-12-25(4,5)29(33)24(39-17(3)32)23(38-16(2)31)22-18(26(20,29)6)14-28(36-10)19(27(22,7)35-9)13-21(34-8)40-28/h13,18,20-24,33H,11-12,14H2,1-10H3. The molecule has 0 aromatic carbocycles. The van der Waals surface area contributed by atoms with E-state index in [0.29, 0.717) is 18.4 Å². The van der Waals surface area contributed by atoms with Gasteiger partial charge in [0.2, 0.25) is 0 Å². The Bertz CT molecular complexity index is 1090. The van der Waals surface area contributed by atoms with E-state index >= 15 is 0 Å². The number of carbonyl (C=O) groups is 3. The van der Waals surface area contributed by atoms with Gasteiger partial charge < -0.3 is 38.3 Å². The summed E-state index contributed by atoms with van der Waals surface area (Å²) in [6, 6.07) is 0. The van der Waals surface area contributed by atoms with Crippen molar-refractivity contribution in [1.29, 1.82) is 0 Å². The van der Waals surface area contributed by atoms with Crippen molar-refractivity contribution in [2.75, 3.05) is 21.3 Å². The fourth-order valence-corrected chi connectivity index (χ4v) is 8.60. The Morgan fingerprint density at radius 2 is 1.52 bits per heavy atom. The highest BCUT2D eigenvalue weighted by molar-refractivity contribution is 5.68. The normalized spacial score (nSPS) is 45.3. The van der Waals surface area contributed by atoms with Crippen molar-refractivity contribution in [3.63, 3.8) is 0 Å². The fraction of sp³-hybridized carbons (Fsp3) is 0.828. The molecule has 0 saturated heterocycles. The number of hydrogen-bond donors (Lipinski definition) is 1. The van der Waals surface area contributed by atoms with Crippen molar-refractivity contribution < 1.29 is 52.6 Å². The van der Waals surface area contributed by atoms with Crippen LogP contribution in [-0.4, -0.2) is 85.9 Å². The van der Waals surface area contributed by atoms with E-state index in [1.807, 2.05) is 27.7 Å². The van der Waals surface area contributed by atoms with E-state index in [2.05, 4.69) is 0 Å². The molecule has 1 N–H and O–H groups in total. The number of esters is 3. The third-order valence-electron chi connectivity index (χ3n) is 10.4. The van der Waals surface area contributed by atoms with Crippen LogP contribution in [0.25, 0.3) is 0 Å². The summed E-state index contributed by atoms with van der Waals surface area (Å²) in [5.74, 6) is -4.34. The lowest BCUT2D eigenvalue weighted by Gasteiger charge is -2.72. The molecule has 10 atom stereocenters. The van der Waals surface area contributed by atoms with Crippen LogP contribution in [0.5, 0.6) is 0 Å². The number of ether oxygens (including phenoxy) is 7. The van der Waals surface area contributed by atoms with E-state index in [4.69, 9.17) is 33.2 Å². The number of hydrogen-bond acceptors (Lipinski definition) is 11. The Labute approximate surface area is 235 Å². The Kier molecular flexibility index (Phi) is 7.76. The van der Waals surface area contributed by atoms with E-state index in [9.17, 15) is 19.5 Å². The summed E-state index contributed by atoms with van der Waals surface area (Å²) < 4.78 is 42.1. The summed E-state index contributed by atoms with van der Waals surface area (Å²) in [4.78, 5) is 37.7. The molecule has 40 heavy (non-hydrogen) atoms. The number of rotatable bonds is 6. The van der Waals surface area contributed by atoms with Gasteiger partial charge in [0.05, 0.1) is 5.60 Å². The monoisotopic (exact) mass is 568 g/mol. The molecule has 3 saturated carbocycles. The topological polar surface area (TPSA) is 136 Å². The van der Waals surface area contributed by atoms with E-state index < -0.39 is 82.2 Å². The van der Waals surface area contributed by atoms with E-state index in [0.717, 1.165) is 0 Å². The van der Waals surface area contributed by atoms with Crippen LogP contribution < -0.4 is 0 Å². The Hall–Kier alpha value is -2.05. The van der Waals surface area contributed by atoms with Gasteiger partial charge >= 0.3 is 17.9 Å². The van der Waals surface area contributed by atoms with Crippen LogP contribution in [0, 0.1) is 22.7 Å². The molecular formula is C29H44O11. The summed E-state index contributed by atoms with van der Waals surface area (Å²) in [5, 5.41) is 13.1. The summed E-state index contributed by atoms with van der Waals surface area (Å²) in [6.45, 7) is 11.3. The van der Waals surface area contributed by atoms with Crippen molar-refractivity contribution in [1.82, 2.24) is 0 Å². The second kappa shape index (κ2) is 10.0. The van der Waals surface area contributed by atoms with Gasteiger partial charge in [0, 0.05) is 65.4 Å². The number of fused-ring (bicyclic) bond motifs is 4. The van der Waals surface area contributed by atoms with E-state index in [-0.39, 0.29) is 6.42 Å². The van der Waals surface area contributed by atoms with E-state index in [1.54, 1.807) is 6.08 Å². The molecular weight excluding hydrogens is 524 g/mol. The Morgan fingerprint density at radius 3 is 2.02 bits per heavy atom. The highest BCUT2D eigenvalue weighted by atomic mass is 16.8. The number of carbonyl (C=O) groups excluding carboxylic acids is 3. The van der Waals surface area contributed by atoms with Crippen molar-refractivity contribution in [3.8, 4) is 0 Å². The van der Waals surface area contributed by atoms with E-state index in [1.165, 1.54) is 42.1 Å². The average molecular weight is 569 g/mol. The largest absolute Gasteiger partial charge is 0.462 e. The molecule has 0 spiro atoms. The maximum Gasteiger partial charge on any atom is 0.303 e. The molecule has 0 aromatic rings. The second-order valence-corrected chi connectivity index (χ2v) is 12.6. The minimum atomic E-state index is -1.82. The smallest absolute Gasteiger partial charge is 0.303 e. The van der Waals surface area contributed by atoms with Gasteiger partial charge in [0.1, 0.15) is 17.8 Å². The van der Waals surface area contributed by atoms with Gasteiger partial charge in [-0.05, 0) is 37.2 Å². The first-order valence-electron chi connectivity index (χ1n) is 13.8. The molecule has 3 fully saturated rings. The maximum atomic E-state index is 13.1. The maximum absolute atomic E-state index is 13.1. The molecule has 11 heteroatoms. The molecule has 1 heterocycles. The Balaban J connectivity index is 2.09. The first-order chi connectivity index (χ1) is 18.5. The lowest BCUT2D eigenvalue weighted by atomic mass is 9.38. The fourth-order valence-electron chi connectivity index (χ4n) is 8.60. The lowest BCUT2D eigenvalue weighted by Crippen LogP contribution is -2.83. The zero-order chi connectivity index (χ0) is 30.1.